The van der Waals surface area contributed by atoms with Crippen LogP contribution in [0.5, 0.6) is 5.75 Å². The second-order valence-corrected chi connectivity index (χ2v) is 8.52. The molecule has 1 saturated carbocycles. The zero-order chi connectivity index (χ0) is 20.8. The Balaban J connectivity index is 1.26. The Morgan fingerprint density at radius 2 is 1.97 bits per heavy atom. The van der Waals surface area contributed by atoms with Crippen molar-refractivity contribution in [2.24, 2.45) is 0 Å². The minimum atomic E-state index is 0.432. The van der Waals surface area contributed by atoms with Crippen molar-refractivity contribution in [3.05, 3.63) is 65.9 Å². The van der Waals surface area contributed by atoms with Crippen molar-refractivity contribution in [1.29, 1.82) is 0 Å². The molecule has 31 heavy (non-hydrogen) atoms. The summed E-state index contributed by atoms with van der Waals surface area (Å²) in [6.45, 7) is 3.61. The second-order valence-electron chi connectivity index (χ2n) is 8.52. The number of imidazole rings is 1. The van der Waals surface area contributed by atoms with Gasteiger partial charge in [0.25, 0.3) is 0 Å². The molecular weight excluding hydrogens is 388 g/mol. The number of nitrogens with zero attached hydrogens (tertiary/aromatic N) is 5. The molecule has 4 heterocycles. The van der Waals surface area contributed by atoms with Crippen LogP contribution >= 0.6 is 0 Å². The summed E-state index contributed by atoms with van der Waals surface area (Å²) in [5.41, 5.74) is 7.13. The summed E-state index contributed by atoms with van der Waals surface area (Å²) in [5, 5.41) is 11.0. The van der Waals surface area contributed by atoms with Crippen molar-refractivity contribution in [3.8, 4) is 28.4 Å². The zero-order valence-electron chi connectivity index (χ0n) is 17.5. The van der Waals surface area contributed by atoms with Gasteiger partial charge in [0, 0.05) is 30.4 Å². The van der Waals surface area contributed by atoms with E-state index in [1.54, 1.807) is 6.20 Å². The van der Waals surface area contributed by atoms with Crippen molar-refractivity contribution >= 4 is 0 Å². The molecule has 2 aliphatic rings. The number of ether oxygens (including phenoxy) is 1. The molecule has 1 atom stereocenters. The highest BCUT2D eigenvalue weighted by Crippen LogP contribution is 2.48. The smallest absolute Gasteiger partial charge is 0.126 e. The van der Waals surface area contributed by atoms with Gasteiger partial charge in [-0.25, -0.2) is 4.98 Å². The number of aromatic amines is 1. The number of benzene rings is 1. The van der Waals surface area contributed by atoms with Crippen LogP contribution in [0, 0.1) is 6.92 Å². The Labute approximate surface area is 180 Å². The minimum absolute atomic E-state index is 0.432. The molecule has 0 amide bonds. The Bertz CT molecular complexity index is 1240. The average Bonchev–Trinajstić information content (AvgIpc) is 3.39. The Kier molecular flexibility index (Phi) is 4.33. The molecule has 3 aromatic heterocycles. The molecule has 0 unspecified atom stereocenters. The molecule has 1 fully saturated rings. The highest BCUT2D eigenvalue weighted by molar-refractivity contribution is 5.67. The first-order valence-corrected chi connectivity index (χ1v) is 10.9. The molecule has 1 N–H and O–H groups in total. The van der Waals surface area contributed by atoms with Gasteiger partial charge in [0.2, 0.25) is 0 Å². The van der Waals surface area contributed by atoms with Crippen LogP contribution in [0.3, 0.4) is 0 Å². The largest absolute Gasteiger partial charge is 0.493 e. The third kappa shape index (κ3) is 3.40. The van der Waals surface area contributed by atoms with Crippen LogP contribution in [0.25, 0.3) is 22.6 Å². The number of aromatic nitrogens is 6. The van der Waals surface area contributed by atoms with Crippen LogP contribution in [-0.4, -0.2) is 36.6 Å². The number of nitrogens with one attached hydrogen (secondary N) is 1. The van der Waals surface area contributed by atoms with E-state index in [1.165, 1.54) is 24.0 Å². The maximum Gasteiger partial charge on any atom is 0.126 e. The molecule has 1 aliphatic carbocycles. The van der Waals surface area contributed by atoms with Crippen LogP contribution in [-0.2, 0) is 6.54 Å². The molecule has 7 nitrogen and oxygen atoms in total. The summed E-state index contributed by atoms with van der Waals surface area (Å²) in [5.74, 6) is 2.26. The van der Waals surface area contributed by atoms with Crippen LogP contribution in [0.2, 0.25) is 0 Å². The van der Waals surface area contributed by atoms with E-state index >= 15 is 0 Å². The lowest BCUT2D eigenvalue weighted by Crippen LogP contribution is -2.19. The molecule has 0 spiro atoms. The highest BCUT2D eigenvalue weighted by atomic mass is 16.5. The van der Waals surface area contributed by atoms with Crippen LogP contribution in [0.4, 0.5) is 0 Å². The predicted molar refractivity (Wildman–Crippen MR) is 117 cm³/mol. The number of H-pyrrole nitrogens is 1. The first-order chi connectivity index (χ1) is 15.3. The van der Waals surface area contributed by atoms with Gasteiger partial charge in [-0.2, -0.15) is 15.4 Å². The van der Waals surface area contributed by atoms with Gasteiger partial charge in [0.05, 0.1) is 24.3 Å². The summed E-state index contributed by atoms with van der Waals surface area (Å²) in [4.78, 5) is 9.16. The van der Waals surface area contributed by atoms with Gasteiger partial charge in [-0.15, -0.1) is 0 Å². The maximum atomic E-state index is 6.11. The van der Waals surface area contributed by atoms with E-state index < -0.39 is 0 Å². The number of hydrogen-bond acceptors (Lipinski definition) is 5. The fourth-order valence-electron chi connectivity index (χ4n) is 4.55. The zero-order valence-corrected chi connectivity index (χ0v) is 17.5. The predicted octanol–water partition coefficient (Wildman–Crippen LogP) is 4.48. The SMILES string of the molecule is Cc1n[nH]nc1-c1ccnc(-c2cn(C[C@H]3CCOc4c(C5CC5)cccc43)cn2)c1. The molecule has 0 radical (unpaired) electrons. The van der Waals surface area contributed by atoms with E-state index in [1.807, 2.05) is 25.4 Å². The first kappa shape index (κ1) is 18.3. The number of para-hydroxylation sites is 1. The molecule has 1 aliphatic heterocycles. The standard InChI is InChI=1S/C24H24N6O/c1-15-23(28-29-27-15)17-7-9-25-21(11-17)22-13-30(14-26-22)12-18-8-10-31-24-19(16-5-6-16)3-2-4-20(18)24/h2-4,7,9,11,13-14,16,18H,5-6,8,10,12H2,1H3,(H,27,28,29)/t18-/m1/s1. The lowest BCUT2D eigenvalue weighted by Gasteiger charge is -2.28. The van der Waals surface area contributed by atoms with Crippen molar-refractivity contribution in [2.45, 2.75) is 44.6 Å². The summed E-state index contributed by atoms with van der Waals surface area (Å²) >= 11 is 0. The maximum absolute atomic E-state index is 6.11. The molecule has 1 aromatic carbocycles. The molecule has 0 bridgehead atoms. The van der Waals surface area contributed by atoms with Crippen LogP contribution in [0.15, 0.2) is 49.1 Å². The molecule has 7 heteroatoms. The van der Waals surface area contributed by atoms with Gasteiger partial charge in [-0.1, -0.05) is 18.2 Å². The van der Waals surface area contributed by atoms with Gasteiger partial charge in [-0.3, -0.25) is 4.98 Å². The number of rotatable bonds is 5. The topological polar surface area (TPSA) is 81.5 Å². The van der Waals surface area contributed by atoms with E-state index in [0.29, 0.717) is 11.8 Å². The monoisotopic (exact) mass is 412 g/mol. The molecule has 6 rings (SSSR count). The van der Waals surface area contributed by atoms with Crippen LogP contribution < -0.4 is 4.74 Å². The van der Waals surface area contributed by atoms with Gasteiger partial charge in [0.1, 0.15) is 17.1 Å². The summed E-state index contributed by atoms with van der Waals surface area (Å²) in [6, 6.07) is 10.6. The number of pyridine rings is 1. The van der Waals surface area contributed by atoms with E-state index in [4.69, 9.17) is 4.74 Å². The van der Waals surface area contributed by atoms with Gasteiger partial charge in [-0.05, 0) is 55.4 Å². The van der Waals surface area contributed by atoms with Gasteiger partial charge < -0.3 is 9.30 Å². The molecule has 156 valence electrons. The van der Waals surface area contributed by atoms with Crippen molar-refractivity contribution in [3.63, 3.8) is 0 Å². The molecular formula is C24H24N6O. The summed E-state index contributed by atoms with van der Waals surface area (Å²) in [6.07, 6.45) is 9.39. The lowest BCUT2D eigenvalue weighted by molar-refractivity contribution is 0.256. The van der Waals surface area contributed by atoms with Gasteiger partial charge in [0.15, 0.2) is 0 Å². The normalized spacial score (nSPS) is 17.9. The van der Waals surface area contributed by atoms with Crippen molar-refractivity contribution < 1.29 is 4.74 Å². The number of hydrogen-bond donors (Lipinski definition) is 1. The minimum Gasteiger partial charge on any atom is -0.493 e. The van der Waals surface area contributed by atoms with Crippen molar-refractivity contribution in [2.75, 3.05) is 6.61 Å². The van der Waals surface area contributed by atoms with Crippen LogP contribution in [0.1, 0.15) is 47.9 Å². The number of fused-ring (bicyclic) bond motifs is 1. The summed E-state index contributed by atoms with van der Waals surface area (Å²) < 4.78 is 8.28. The van der Waals surface area contributed by atoms with E-state index in [9.17, 15) is 0 Å². The number of aryl methyl sites for hydroxylation is 1. The highest BCUT2D eigenvalue weighted by Gasteiger charge is 2.31. The second kappa shape index (κ2) is 7.34. The van der Waals surface area contributed by atoms with Gasteiger partial charge >= 0.3 is 0 Å². The summed E-state index contributed by atoms with van der Waals surface area (Å²) in [7, 11) is 0. The molecule has 0 saturated heterocycles. The fourth-order valence-corrected chi connectivity index (χ4v) is 4.55. The van der Waals surface area contributed by atoms with E-state index in [-0.39, 0.29) is 0 Å². The Morgan fingerprint density at radius 1 is 1.06 bits per heavy atom. The molecule has 4 aromatic rings. The first-order valence-electron chi connectivity index (χ1n) is 10.9. The average molecular weight is 412 g/mol. The lowest BCUT2D eigenvalue weighted by atomic mass is 9.90. The third-order valence-corrected chi connectivity index (χ3v) is 6.33. The Morgan fingerprint density at radius 3 is 2.81 bits per heavy atom. The fraction of sp³-hybridized carbons (Fsp3) is 0.333. The quantitative estimate of drug-likeness (QED) is 0.523. The van der Waals surface area contributed by atoms with E-state index in [0.717, 1.165) is 53.7 Å². The third-order valence-electron chi connectivity index (χ3n) is 6.33. The van der Waals surface area contributed by atoms with E-state index in [2.05, 4.69) is 54.3 Å². The van der Waals surface area contributed by atoms with Crippen molar-refractivity contribution in [1.82, 2.24) is 29.9 Å². The Hall–Kier alpha value is -3.48.